The number of thiophene rings is 1. The number of hydrogen-bond donors (Lipinski definition) is 1. The number of rotatable bonds is 2. The maximum atomic E-state index is 10.4. The second-order valence-corrected chi connectivity index (χ2v) is 6.56. The fraction of sp³-hybridized carbons (Fsp3) is 0.167. The number of halogens is 3. The Labute approximate surface area is 122 Å². The van der Waals surface area contributed by atoms with Crippen LogP contribution in [0.3, 0.4) is 0 Å². The van der Waals surface area contributed by atoms with Crippen LogP contribution in [0.5, 0.6) is 0 Å². The van der Waals surface area contributed by atoms with Gasteiger partial charge in [-0.05, 0) is 41.1 Å². The minimum absolute atomic E-state index is 0.475. The summed E-state index contributed by atoms with van der Waals surface area (Å²) in [6.07, 6.45) is -0.802. The number of hydrogen-bond acceptors (Lipinski definition) is 2. The van der Waals surface area contributed by atoms with E-state index in [1.165, 1.54) is 11.3 Å². The summed E-state index contributed by atoms with van der Waals surface area (Å²) in [7, 11) is 0. The summed E-state index contributed by atoms with van der Waals surface area (Å²) < 4.78 is 0.878. The fourth-order valence-electron chi connectivity index (χ4n) is 1.59. The molecule has 1 atom stereocenters. The second-order valence-electron chi connectivity index (χ2n) is 3.61. The molecule has 1 aromatic carbocycles. The Morgan fingerprint density at radius 1 is 1.29 bits per heavy atom. The van der Waals surface area contributed by atoms with Gasteiger partial charge in [-0.2, -0.15) is 0 Å². The number of aryl methyl sites for hydroxylation is 1. The first-order valence-electron chi connectivity index (χ1n) is 4.88. The van der Waals surface area contributed by atoms with E-state index in [2.05, 4.69) is 15.9 Å². The molecule has 5 heteroatoms. The summed E-state index contributed by atoms with van der Waals surface area (Å²) in [5, 5.41) is 11.3. The molecule has 0 bridgehead atoms. The molecule has 1 heterocycles. The molecule has 0 radical (unpaired) electrons. The largest absolute Gasteiger partial charge is 0.383 e. The van der Waals surface area contributed by atoms with Gasteiger partial charge in [0.15, 0.2) is 0 Å². The van der Waals surface area contributed by atoms with Crippen LogP contribution in [0, 0.1) is 6.92 Å². The van der Waals surface area contributed by atoms with E-state index in [-0.39, 0.29) is 0 Å². The first kappa shape index (κ1) is 13.4. The van der Waals surface area contributed by atoms with Gasteiger partial charge in [0.1, 0.15) is 6.10 Å². The van der Waals surface area contributed by atoms with E-state index < -0.39 is 6.10 Å². The lowest BCUT2D eigenvalue weighted by Gasteiger charge is -2.13. The van der Waals surface area contributed by atoms with Crippen LogP contribution in [0.2, 0.25) is 10.0 Å². The SMILES string of the molecule is Cc1cc(Br)c(C(O)c2c(Cl)cccc2Cl)s1. The lowest BCUT2D eigenvalue weighted by Crippen LogP contribution is -1.99. The zero-order valence-electron chi connectivity index (χ0n) is 8.88. The molecule has 0 saturated carbocycles. The average Bonchev–Trinajstić information content (AvgIpc) is 2.57. The fourth-order valence-corrected chi connectivity index (χ4v) is 4.06. The van der Waals surface area contributed by atoms with Crippen LogP contribution in [0.1, 0.15) is 21.4 Å². The van der Waals surface area contributed by atoms with Gasteiger partial charge in [0.2, 0.25) is 0 Å². The Morgan fingerprint density at radius 2 is 1.88 bits per heavy atom. The topological polar surface area (TPSA) is 20.2 Å². The lowest BCUT2D eigenvalue weighted by atomic mass is 10.1. The molecular weight excluding hydrogens is 343 g/mol. The molecule has 0 aliphatic rings. The van der Waals surface area contributed by atoms with Crippen molar-refractivity contribution in [3.05, 3.63) is 54.1 Å². The third kappa shape index (κ3) is 2.69. The summed E-state index contributed by atoms with van der Waals surface area (Å²) in [6, 6.07) is 7.17. The minimum atomic E-state index is -0.802. The standard InChI is InChI=1S/C12H9BrCl2OS/c1-6-5-7(13)12(17-6)11(16)10-8(14)3-2-4-9(10)15/h2-5,11,16H,1H3. The van der Waals surface area contributed by atoms with Gasteiger partial charge >= 0.3 is 0 Å². The molecule has 90 valence electrons. The molecule has 1 nitrogen and oxygen atoms in total. The molecule has 0 amide bonds. The van der Waals surface area contributed by atoms with E-state index in [0.29, 0.717) is 15.6 Å². The van der Waals surface area contributed by atoms with E-state index in [1.807, 2.05) is 13.0 Å². The van der Waals surface area contributed by atoms with Gasteiger partial charge in [0, 0.05) is 25.0 Å². The van der Waals surface area contributed by atoms with Gasteiger partial charge in [-0.15, -0.1) is 11.3 Å². The maximum Gasteiger partial charge on any atom is 0.117 e. The summed E-state index contributed by atoms with van der Waals surface area (Å²) in [6.45, 7) is 1.99. The zero-order chi connectivity index (χ0) is 12.6. The molecule has 0 fully saturated rings. The van der Waals surface area contributed by atoms with Crippen molar-refractivity contribution in [2.45, 2.75) is 13.0 Å². The van der Waals surface area contributed by atoms with Crippen LogP contribution in [0.25, 0.3) is 0 Å². The predicted octanol–water partition coefficient (Wildman–Crippen LogP) is 5.21. The van der Waals surface area contributed by atoms with E-state index in [0.717, 1.165) is 14.2 Å². The smallest absolute Gasteiger partial charge is 0.117 e. The van der Waals surface area contributed by atoms with Crippen molar-refractivity contribution < 1.29 is 5.11 Å². The van der Waals surface area contributed by atoms with Crippen molar-refractivity contribution >= 4 is 50.5 Å². The van der Waals surface area contributed by atoms with Gasteiger partial charge in [-0.1, -0.05) is 29.3 Å². The highest BCUT2D eigenvalue weighted by Crippen LogP contribution is 2.40. The predicted molar refractivity (Wildman–Crippen MR) is 77.3 cm³/mol. The molecule has 1 unspecified atom stereocenters. The molecule has 17 heavy (non-hydrogen) atoms. The first-order valence-corrected chi connectivity index (χ1v) is 7.25. The van der Waals surface area contributed by atoms with Crippen molar-refractivity contribution in [3.63, 3.8) is 0 Å². The lowest BCUT2D eigenvalue weighted by molar-refractivity contribution is 0.223. The summed E-state index contributed by atoms with van der Waals surface area (Å²) in [5.74, 6) is 0. The summed E-state index contributed by atoms with van der Waals surface area (Å²) in [5.41, 5.74) is 0.554. The van der Waals surface area contributed by atoms with Crippen LogP contribution in [0.4, 0.5) is 0 Å². The Bertz CT molecular complexity index is 533. The molecule has 0 aliphatic heterocycles. The zero-order valence-corrected chi connectivity index (χ0v) is 12.8. The quantitative estimate of drug-likeness (QED) is 0.787. The molecule has 2 aromatic rings. The average molecular weight is 352 g/mol. The Kier molecular flexibility index (Phi) is 4.16. The number of benzene rings is 1. The van der Waals surface area contributed by atoms with E-state index in [9.17, 15) is 5.11 Å². The van der Waals surface area contributed by atoms with Crippen molar-refractivity contribution in [3.8, 4) is 0 Å². The van der Waals surface area contributed by atoms with E-state index in [1.54, 1.807) is 18.2 Å². The van der Waals surface area contributed by atoms with E-state index in [4.69, 9.17) is 23.2 Å². The highest BCUT2D eigenvalue weighted by Gasteiger charge is 2.21. The van der Waals surface area contributed by atoms with Crippen LogP contribution < -0.4 is 0 Å². The van der Waals surface area contributed by atoms with Crippen LogP contribution >= 0.6 is 50.5 Å². The molecule has 0 aliphatic carbocycles. The third-order valence-electron chi connectivity index (χ3n) is 2.36. The third-order valence-corrected chi connectivity index (χ3v) is 5.04. The maximum absolute atomic E-state index is 10.4. The summed E-state index contributed by atoms with van der Waals surface area (Å²) in [4.78, 5) is 1.94. The molecule has 0 saturated heterocycles. The van der Waals surface area contributed by atoms with E-state index >= 15 is 0 Å². The minimum Gasteiger partial charge on any atom is -0.383 e. The van der Waals surface area contributed by atoms with Crippen LogP contribution in [-0.2, 0) is 0 Å². The number of aliphatic hydroxyl groups is 1. The van der Waals surface area contributed by atoms with Gasteiger partial charge in [-0.25, -0.2) is 0 Å². The molecular formula is C12H9BrCl2OS. The normalized spacial score (nSPS) is 12.8. The number of aliphatic hydroxyl groups excluding tert-OH is 1. The molecule has 0 spiro atoms. The van der Waals surface area contributed by atoms with Crippen molar-refractivity contribution in [2.75, 3.05) is 0 Å². The Hall–Kier alpha value is -0.0600. The first-order chi connectivity index (χ1) is 8.00. The Balaban J connectivity index is 2.51. The Morgan fingerprint density at radius 3 is 2.35 bits per heavy atom. The monoisotopic (exact) mass is 350 g/mol. The molecule has 1 N–H and O–H groups in total. The van der Waals surface area contributed by atoms with Gasteiger partial charge in [0.05, 0.1) is 4.88 Å². The van der Waals surface area contributed by atoms with Crippen molar-refractivity contribution in [1.82, 2.24) is 0 Å². The molecule has 2 rings (SSSR count). The van der Waals surface area contributed by atoms with Gasteiger partial charge in [0.25, 0.3) is 0 Å². The highest BCUT2D eigenvalue weighted by atomic mass is 79.9. The highest BCUT2D eigenvalue weighted by molar-refractivity contribution is 9.10. The second kappa shape index (κ2) is 5.29. The van der Waals surface area contributed by atoms with Crippen molar-refractivity contribution in [2.24, 2.45) is 0 Å². The van der Waals surface area contributed by atoms with Crippen LogP contribution in [-0.4, -0.2) is 5.11 Å². The van der Waals surface area contributed by atoms with Crippen LogP contribution in [0.15, 0.2) is 28.7 Å². The molecule has 1 aromatic heterocycles. The van der Waals surface area contributed by atoms with Gasteiger partial charge < -0.3 is 5.11 Å². The van der Waals surface area contributed by atoms with Crippen molar-refractivity contribution in [1.29, 1.82) is 0 Å². The summed E-state index contributed by atoms with van der Waals surface area (Å²) >= 11 is 17.1. The van der Waals surface area contributed by atoms with Gasteiger partial charge in [-0.3, -0.25) is 0 Å².